The number of imidazole rings is 1. The highest BCUT2D eigenvalue weighted by molar-refractivity contribution is 7.98. The van der Waals surface area contributed by atoms with Crippen LogP contribution < -0.4 is 0 Å². The third-order valence-corrected chi connectivity index (χ3v) is 3.73. The van der Waals surface area contributed by atoms with E-state index in [0.717, 1.165) is 16.8 Å². The van der Waals surface area contributed by atoms with Crippen LogP contribution in [0.5, 0.6) is 0 Å². The smallest absolute Gasteiger partial charge is 0.190 e. The minimum atomic E-state index is 0.550. The molecule has 0 saturated carbocycles. The monoisotopic (exact) mass is 310 g/mol. The Hall–Kier alpha value is -1.30. The molecule has 0 saturated heterocycles. The average molecular weight is 311 g/mol. The SMILES string of the molecule is CSc1nc(-c2ccc(Cl)cc2Cl)c2[nH]cnc2n1. The van der Waals surface area contributed by atoms with Gasteiger partial charge < -0.3 is 4.98 Å². The number of fused-ring (bicyclic) bond motifs is 1. The summed E-state index contributed by atoms with van der Waals surface area (Å²) in [5.41, 5.74) is 2.92. The third kappa shape index (κ3) is 2.29. The van der Waals surface area contributed by atoms with Gasteiger partial charge in [0.1, 0.15) is 11.2 Å². The van der Waals surface area contributed by atoms with Crippen molar-refractivity contribution in [1.82, 2.24) is 19.9 Å². The molecule has 0 radical (unpaired) electrons. The molecular formula is C12H8Cl2N4S. The van der Waals surface area contributed by atoms with Crippen molar-refractivity contribution >= 4 is 46.1 Å². The molecule has 96 valence electrons. The quantitative estimate of drug-likeness (QED) is 0.573. The van der Waals surface area contributed by atoms with Crippen LogP contribution in [-0.2, 0) is 0 Å². The highest BCUT2D eigenvalue weighted by Crippen LogP contribution is 2.33. The highest BCUT2D eigenvalue weighted by atomic mass is 35.5. The van der Waals surface area contributed by atoms with Gasteiger partial charge in [0, 0.05) is 10.6 Å². The van der Waals surface area contributed by atoms with Crippen molar-refractivity contribution in [3.05, 3.63) is 34.6 Å². The topological polar surface area (TPSA) is 54.5 Å². The number of benzene rings is 1. The second-order valence-corrected chi connectivity index (χ2v) is 5.40. The summed E-state index contributed by atoms with van der Waals surface area (Å²) in [7, 11) is 0. The zero-order valence-electron chi connectivity index (χ0n) is 9.82. The predicted octanol–water partition coefficient (Wildman–Crippen LogP) is 4.05. The summed E-state index contributed by atoms with van der Waals surface area (Å²) in [4.78, 5) is 16.0. The lowest BCUT2D eigenvalue weighted by Gasteiger charge is -2.06. The van der Waals surface area contributed by atoms with Crippen molar-refractivity contribution < 1.29 is 0 Å². The standard InChI is InChI=1S/C12H8Cl2N4S/c1-19-12-17-9(10-11(18-12)16-5-15-10)7-3-2-6(13)4-8(7)14/h2-5H,1H3,(H,15,16,17,18). The molecule has 2 aromatic heterocycles. The number of nitrogens with zero attached hydrogens (tertiary/aromatic N) is 3. The summed E-state index contributed by atoms with van der Waals surface area (Å²) < 4.78 is 0. The normalized spacial score (nSPS) is 11.1. The van der Waals surface area contributed by atoms with E-state index >= 15 is 0 Å². The van der Waals surface area contributed by atoms with E-state index in [2.05, 4.69) is 19.9 Å². The molecule has 0 fully saturated rings. The molecule has 3 rings (SSSR count). The first-order chi connectivity index (χ1) is 9.19. The molecule has 2 heterocycles. The Morgan fingerprint density at radius 2 is 2.05 bits per heavy atom. The molecular weight excluding hydrogens is 303 g/mol. The fraction of sp³-hybridized carbons (Fsp3) is 0.0833. The minimum absolute atomic E-state index is 0.550. The van der Waals surface area contributed by atoms with Gasteiger partial charge in [-0.3, -0.25) is 0 Å². The van der Waals surface area contributed by atoms with Crippen LogP contribution in [0, 0.1) is 0 Å². The van der Waals surface area contributed by atoms with Crippen LogP contribution in [-0.4, -0.2) is 26.2 Å². The molecule has 0 unspecified atom stereocenters. The third-order valence-electron chi connectivity index (χ3n) is 2.63. The van der Waals surface area contributed by atoms with Crippen LogP contribution in [0.4, 0.5) is 0 Å². The second kappa shape index (κ2) is 5.00. The molecule has 0 atom stereocenters. The summed E-state index contributed by atoms with van der Waals surface area (Å²) in [5.74, 6) is 0. The Labute approximate surface area is 123 Å². The highest BCUT2D eigenvalue weighted by Gasteiger charge is 2.14. The maximum Gasteiger partial charge on any atom is 0.190 e. The maximum atomic E-state index is 6.24. The second-order valence-electron chi connectivity index (χ2n) is 3.78. The van der Waals surface area contributed by atoms with Gasteiger partial charge in [-0.1, -0.05) is 35.0 Å². The maximum absolute atomic E-state index is 6.24. The first-order valence-corrected chi connectivity index (χ1v) is 7.37. The lowest BCUT2D eigenvalue weighted by atomic mass is 10.1. The van der Waals surface area contributed by atoms with Crippen LogP contribution >= 0.6 is 35.0 Å². The largest absolute Gasteiger partial charge is 0.341 e. The van der Waals surface area contributed by atoms with E-state index in [-0.39, 0.29) is 0 Å². The molecule has 0 aliphatic rings. The van der Waals surface area contributed by atoms with Crippen LogP contribution in [0.2, 0.25) is 10.0 Å². The van der Waals surface area contributed by atoms with Crippen LogP contribution in [0.3, 0.4) is 0 Å². The van der Waals surface area contributed by atoms with Crippen molar-refractivity contribution in [3.63, 3.8) is 0 Å². The molecule has 0 bridgehead atoms. The molecule has 0 aliphatic heterocycles. The van der Waals surface area contributed by atoms with E-state index in [1.165, 1.54) is 11.8 Å². The molecule has 3 aromatic rings. The fourth-order valence-corrected chi connectivity index (χ4v) is 2.64. The van der Waals surface area contributed by atoms with Gasteiger partial charge in [0.05, 0.1) is 11.3 Å². The fourth-order valence-electron chi connectivity index (χ4n) is 1.78. The molecule has 1 N–H and O–H groups in total. The molecule has 0 spiro atoms. The molecule has 19 heavy (non-hydrogen) atoms. The summed E-state index contributed by atoms with van der Waals surface area (Å²) >= 11 is 13.6. The van der Waals surface area contributed by atoms with Crippen molar-refractivity contribution in [2.24, 2.45) is 0 Å². The van der Waals surface area contributed by atoms with Gasteiger partial charge in [-0.2, -0.15) is 0 Å². The van der Waals surface area contributed by atoms with Gasteiger partial charge in [0.2, 0.25) is 0 Å². The van der Waals surface area contributed by atoms with Crippen molar-refractivity contribution in [2.75, 3.05) is 6.26 Å². The Balaban J connectivity index is 2.31. The Bertz CT molecular complexity index is 757. The minimum Gasteiger partial charge on any atom is -0.341 e. The number of halogens is 2. The van der Waals surface area contributed by atoms with Crippen molar-refractivity contribution in [3.8, 4) is 11.3 Å². The van der Waals surface area contributed by atoms with Gasteiger partial charge in [-0.25, -0.2) is 15.0 Å². The van der Waals surface area contributed by atoms with E-state index in [1.807, 2.05) is 12.3 Å². The lowest BCUT2D eigenvalue weighted by molar-refractivity contribution is 1.00. The van der Waals surface area contributed by atoms with Crippen molar-refractivity contribution in [1.29, 1.82) is 0 Å². The number of aromatic nitrogens is 4. The van der Waals surface area contributed by atoms with Crippen LogP contribution in [0.1, 0.15) is 0 Å². The van der Waals surface area contributed by atoms with Crippen molar-refractivity contribution in [2.45, 2.75) is 5.16 Å². The Morgan fingerprint density at radius 1 is 1.21 bits per heavy atom. The first kappa shape index (κ1) is 12.7. The number of hydrogen-bond donors (Lipinski definition) is 1. The number of aromatic amines is 1. The van der Waals surface area contributed by atoms with Crippen LogP contribution in [0.15, 0.2) is 29.7 Å². The molecule has 0 amide bonds. The molecule has 0 aliphatic carbocycles. The molecule has 4 nitrogen and oxygen atoms in total. The van der Waals surface area contributed by atoms with Gasteiger partial charge in [-0.15, -0.1) is 0 Å². The van der Waals surface area contributed by atoms with Gasteiger partial charge in [0.15, 0.2) is 10.8 Å². The van der Waals surface area contributed by atoms with E-state index in [0.29, 0.717) is 20.8 Å². The number of thioether (sulfide) groups is 1. The number of rotatable bonds is 2. The van der Waals surface area contributed by atoms with Gasteiger partial charge >= 0.3 is 0 Å². The summed E-state index contributed by atoms with van der Waals surface area (Å²) in [5, 5.41) is 1.79. The van der Waals surface area contributed by atoms with E-state index < -0.39 is 0 Å². The summed E-state index contributed by atoms with van der Waals surface area (Å²) in [6.07, 6.45) is 3.51. The zero-order chi connectivity index (χ0) is 13.4. The number of H-pyrrole nitrogens is 1. The van der Waals surface area contributed by atoms with E-state index in [9.17, 15) is 0 Å². The van der Waals surface area contributed by atoms with E-state index in [4.69, 9.17) is 23.2 Å². The van der Waals surface area contributed by atoms with E-state index in [1.54, 1.807) is 18.5 Å². The van der Waals surface area contributed by atoms with Crippen LogP contribution in [0.25, 0.3) is 22.4 Å². The Morgan fingerprint density at radius 3 is 2.79 bits per heavy atom. The average Bonchev–Trinajstić information content (AvgIpc) is 2.86. The number of nitrogens with one attached hydrogen (secondary N) is 1. The number of hydrogen-bond acceptors (Lipinski definition) is 4. The first-order valence-electron chi connectivity index (χ1n) is 5.39. The van der Waals surface area contributed by atoms with Gasteiger partial charge in [-0.05, 0) is 24.5 Å². The summed E-state index contributed by atoms with van der Waals surface area (Å²) in [6, 6.07) is 5.32. The molecule has 1 aromatic carbocycles. The lowest BCUT2D eigenvalue weighted by Crippen LogP contribution is -1.93. The molecule has 7 heteroatoms. The zero-order valence-corrected chi connectivity index (χ0v) is 12.1. The van der Waals surface area contributed by atoms with Gasteiger partial charge in [0.25, 0.3) is 0 Å². The summed E-state index contributed by atoms with van der Waals surface area (Å²) in [6.45, 7) is 0. The predicted molar refractivity (Wildman–Crippen MR) is 78.9 cm³/mol. The Kier molecular flexibility index (Phi) is 3.35.